The number of nitrogens with one attached hydrogen (secondary N) is 1. The van der Waals surface area contributed by atoms with E-state index in [2.05, 4.69) is 10.2 Å². The second-order valence-electron chi connectivity index (χ2n) is 9.43. The Morgan fingerprint density at radius 1 is 1.03 bits per heavy atom. The van der Waals surface area contributed by atoms with Crippen LogP contribution in [0.2, 0.25) is 5.02 Å². The molecular weight excluding hydrogens is 498 g/mol. The molecule has 2 aliphatic rings. The number of anilines is 1. The molecule has 1 spiro atoms. The summed E-state index contributed by atoms with van der Waals surface area (Å²) in [6, 6.07) is 13.2. The molecule has 2 heterocycles. The number of likely N-dealkylation sites (tertiary alicyclic amines) is 2. The SMILES string of the molecule is COc1cc(NC(=S)N2CCC3(CCN(C(=O)CCCOc4ccccc4)CC3)C2)c(OC)cc1Cl. The van der Waals surface area contributed by atoms with Crippen molar-refractivity contribution in [3.8, 4) is 17.2 Å². The molecule has 2 aliphatic heterocycles. The van der Waals surface area contributed by atoms with Gasteiger partial charge in [0.05, 0.1) is 31.5 Å². The average molecular weight is 532 g/mol. The molecule has 0 unspecified atom stereocenters. The van der Waals surface area contributed by atoms with Crippen molar-refractivity contribution in [2.75, 3.05) is 52.3 Å². The molecule has 1 amide bonds. The van der Waals surface area contributed by atoms with Gasteiger partial charge in [-0.3, -0.25) is 4.79 Å². The average Bonchev–Trinajstić information content (AvgIpc) is 3.31. The highest BCUT2D eigenvalue weighted by Gasteiger charge is 2.42. The van der Waals surface area contributed by atoms with Gasteiger partial charge in [0.2, 0.25) is 5.91 Å². The van der Waals surface area contributed by atoms with E-state index in [0.717, 1.165) is 63.3 Å². The van der Waals surface area contributed by atoms with Crippen molar-refractivity contribution in [3.63, 3.8) is 0 Å². The van der Waals surface area contributed by atoms with Crippen molar-refractivity contribution in [1.29, 1.82) is 0 Å². The number of rotatable bonds is 8. The van der Waals surface area contributed by atoms with Crippen molar-refractivity contribution in [1.82, 2.24) is 9.80 Å². The van der Waals surface area contributed by atoms with Crippen molar-refractivity contribution in [2.45, 2.75) is 32.1 Å². The van der Waals surface area contributed by atoms with E-state index >= 15 is 0 Å². The molecular formula is C27H34ClN3O4S. The van der Waals surface area contributed by atoms with E-state index in [9.17, 15) is 4.79 Å². The summed E-state index contributed by atoms with van der Waals surface area (Å²) in [6.45, 7) is 3.93. The lowest BCUT2D eigenvalue weighted by atomic mass is 9.77. The Balaban J connectivity index is 1.23. The number of carbonyl (C=O) groups excluding carboxylic acids is 1. The van der Waals surface area contributed by atoms with Crippen LogP contribution in [-0.2, 0) is 4.79 Å². The van der Waals surface area contributed by atoms with Crippen LogP contribution >= 0.6 is 23.8 Å². The monoisotopic (exact) mass is 531 g/mol. The predicted molar refractivity (Wildman–Crippen MR) is 146 cm³/mol. The third-order valence-electron chi connectivity index (χ3n) is 7.16. The maximum atomic E-state index is 12.7. The van der Waals surface area contributed by atoms with E-state index in [1.807, 2.05) is 35.2 Å². The van der Waals surface area contributed by atoms with E-state index in [-0.39, 0.29) is 11.3 Å². The number of hydrogen-bond acceptors (Lipinski definition) is 5. The van der Waals surface area contributed by atoms with Gasteiger partial charge in [0.1, 0.15) is 17.2 Å². The Hall–Kier alpha value is -2.71. The van der Waals surface area contributed by atoms with E-state index in [0.29, 0.717) is 34.7 Å². The molecule has 0 atom stereocenters. The van der Waals surface area contributed by atoms with Gasteiger partial charge in [0, 0.05) is 44.7 Å². The maximum absolute atomic E-state index is 12.7. The fourth-order valence-corrected chi connectivity index (χ4v) is 5.48. The van der Waals surface area contributed by atoms with Gasteiger partial charge >= 0.3 is 0 Å². The number of nitrogens with zero attached hydrogens (tertiary/aromatic N) is 2. The minimum atomic E-state index is 0.195. The Bertz CT molecular complexity index is 1060. The lowest BCUT2D eigenvalue weighted by Crippen LogP contribution is -2.45. The van der Waals surface area contributed by atoms with Gasteiger partial charge in [0.15, 0.2) is 5.11 Å². The van der Waals surface area contributed by atoms with Crippen LogP contribution in [-0.4, -0.2) is 67.8 Å². The topological polar surface area (TPSA) is 63.3 Å². The lowest BCUT2D eigenvalue weighted by molar-refractivity contribution is -0.133. The quantitative estimate of drug-likeness (QED) is 0.370. The first-order chi connectivity index (χ1) is 17.4. The summed E-state index contributed by atoms with van der Waals surface area (Å²) < 4.78 is 16.5. The van der Waals surface area contributed by atoms with Crippen molar-refractivity contribution < 1.29 is 19.0 Å². The third kappa shape index (κ3) is 6.34. The highest BCUT2D eigenvalue weighted by atomic mass is 35.5. The molecule has 0 saturated carbocycles. The zero-order valence-electron chi connectivity index (χ0n) is 20.9. The normalized spacial score (nSPS) is 16.6. The van der Waals surface area contributed by atoms with E-state index in [4.69, 9.17) is 38.0 Å². The number of halogens is 1. The molecule has 0 radical (unpaired) electrons. The number of amides is 1. The Kier molecular flexibility index (Phi) is 8.80. The van der Waals surface area contributed by atoms with Crippen molar-refractivity contribution in [2.24, 2.45) is 5.41 Å². The fraction of sp³-hybridized carbons (Fsp3) is 0.481. The molecule has 2 aromatic rings. The van der Waals surface area contributed by atoms with E-state index < -0.39 is 0 Å². The van der Waals surface area contributed by atoms with E-state index in [1.54, 1.807) is 26.4 Å². The Morgan fingerprint density at radius 3 is 2.36 bits per heavy atom. The van der Waals surface area contributed by atoms with Crippen LogP contribution in [0.4, 0.5) is 5.69 Å². The second kappa shape index (κ2) is 12.0. The molecule has 7 nitrogen and oxygen atoms in total. The number of benzene rings is 2. The summed E-state index contributed by atoms with van der Waals surface area (Å²) in [5.41, 5.74) is 0.919. The fourth-order valence-electron chi connectivity index (χ4n) is 4.99. The molecule has 2 saturated heterocycles. The van der Waals surface area contributed by atoms with Crippen molar-refractivity contribution in [3.05, 3.63) is 47.5 Å². The summed E-state index contributed by atoms with van der Waals surface area (Å²) in [5, 5.41) is 4.45. The molecule has 1 N–H and O–H groups in total. The summed E-state index contributed by atoms with van der Waals surface area (Å²) in [4.78, 5) is 17.0. The smallest absolute Gasteiger partial charge is 0.222 e. The number of methoxy groups -OCH3 is 2. The van der Waals surface area contributed by atoms with Gasteiger partial charge in [-0.25, -0.2) is 0 Å². The Labute approximate surface area is 223 Å². The zero-order valence-corrected chi connectivity index (χ0v) is 22.5. The van der Waals surface area contributed by atoms with Crippen LogP contribution in [0.15, 0.2) is 42.5 Å². The first kappa shape index (κ1) is 26.4. The van der Waals surface area contributed by atoms with Gasteiger partial charge in [0.25, 0.3) is 0 Å². The van der Waals surface area contributed by atoms with Crippen molar-refractivity contribution >= 4 is 40.5 Å². The van der Waals surface area contributed by atoms with Gasteiger partial charge in [-0.2, -0.15) is 0 Å². The Morgan fingerprint density at radius 2 is 1.69 bits per heavy atom. The van der Waals surface area contributed by atoms with Gasteiger partial charge in [-0.1, -0.05) is 29.8 Å². The van der Waals surface area contributed by atoms with Crippen LogP contribution < -0.4 is 19.5 Å². The predicted octanol–water partition coefficient (Wildman–Crippen LogP) is 5.23. The zero-order chi connectivity index (χ0) is 25.5. The first-order valence-corrected chi connectivity index (χ1v) is 13.1. The molecule has 36 heavy (non-hydrogen) atoms. The van der Waals surface area contributed by atoms with Gasteiger partial charge < -0.3 is 29.3 Å². The highest BCUT2D eigenvalue weighted by molar-refractivity contribution is 7.80. The largest absolute Gasteiger partial charge is 0.495 e. The minimum Gasteiger partial charge on any atom is -0.495 e. The number of piperidine rings is 1. The van der Waals surface area contributed by atoms with Crippen LogP contribution in [0.5, 0.6) is 17.2 Å². The number of para-hydroxylation sites is 1. The summed E-state index contributed by atoms with van der Waals surface area (Å²) >= 11 is 12.0. The molecule has 0 bridgehead atoms. The second-order valence-corrected chi connectivity index (χ2v) is 10.2. The van der Waals surface area contributed by atoms with Crippen LogP contribution in [0.25, 0.3) is 0 Å². The number of ether oxygens (including phenoxy) is 3. The third-order valence-corrected chi connectivity index (χ3v) is 7.82. The first-order valence-electron chi connectivity index (χ1n) is 12.4. The molecule has 194 valence electrons. The minimum absolute atomic E-state index is 0.195. The van der Waals surface area contributed by atoms with Crippen LogP contribution in [0.1, 0.15) is 32.1 Å². The molecule has 4 rings (SSSR count). The molecule has 2 fully saturated rings. The van der Waals surface area contributed by atoms with Crippen LogP contribution in [0.3, 0.4) is 0 Å². The highest BCUT2D eigenvalue weighted by Crippen LogP contribution is 2.41. The molecule has 2 aromatic carbocycles. The van der Waals surface area contributed by atoms with Gasteiger partial charge in [-0.15, -0.1) is 0 Å². The lowest BCUT2D eigenvalue weighted by Gasteiger charge is -2.39. The molecule has 0 aliphatic carbocycles. The van der Waals surface area contributed by atoms with Gasteiger partial charge in [-0.05, 0) is 55.4 Å². The summed E-state index contributed by atoms with van der Waals surface area (Å²) in [7, 11) is 3.18. The molecule has 9 heteroatoms. The van der Waals surface area contributed by atoms with Crippen LogP contribution in [0, 0.1) is 5.41 Å². The maximum Gasteiger partial charge on any atom is 0.222 e. The number of thiocarbonyl (C=S) groups is 1. The van der Waals surface area contributed by atoms with E-state index in [1.165, 1.54) is 0 Å². The summed E-state index contributed by atoms with van der Waals surface area (Å²) in [5.74, 6) is 2.23. The summed E-state index contributed by atoms with van der Waals surface area (Å²) in [6.07, 6.45) is 4.31. The molecule has 0 aromatic heterocycles. The number of carbonyl (C=O) groups is 1. The standard InChI is InChI=1S/C27H34ClN3O4S/c1-33-23-18-22(24(34-2)17-21(23)28)29-26(36)31-15-12-27(19-31)10-13-30(14-11-27)25(32)9-6-16-35-20-7-4-3-5-8-20/h3-5,7-8,17-18H,6,9-16,19H2,1-2H3,(H,29,36). The number of hydrogen-bond donors (Lipinski definition) is 1.